The first-order chi connectivity index (χ1) is 21.5. The van der Waals surface area contributed by atoms with Crippen molar-refractivity contribution in [1.29, 1.82) is 0 Å². The number of carbonyl (C=O) groups is 2. The lowest BCUT2D eigenvalue weighted by molar-refractivity contribution is -0.268. The number of hydrogen-bond acceptors (Lipinski definition) is 7. The van der Waals surface area contributed by atoms with Gasteiger partial charge in [0.2, 0.25) is 0 Å². The quantitative estimate of drug-likeness (QED) is 0.268. The van der Waals surface area contributed by atoms with Gasteiger partial charge in [-0.15, -0.1) is 0 Å². The third-order valence-corrected chi connectivity index (χ3v) is 11.5. The van der Waals surface area contributed by atoms with Gasteiger partial charge in [0.25, 0.3) is 0 Å². The predicted octanol–water partition coefficient (Wildman–Crippen LogP) is 7.27. The number of ether oxygens (including phenoxy) is 2. The van der Waals surface area contributed by atoms with Crippen LogP contribution in [0, 0.1) is 16.7 Å². The van der Waals surface area contributed by atoms with Crippen molar-refractivity contribution >= 4 is 22.7 Å². The molecule has 3 N–H and O–H groups in total. The first-order valence-electron chi connectivity index (χ1n) is 16.7. The van der Waals surface area contributed by atoms with E-state index in [2.05, 4.69) is 0 Å². The molecule has 0 amide bonds. The zero-order valence-electron chi connectivity index (χ0n) is 28.3. The van der Waals surface area contributed by atoms with Crippen molar-refractivity contribution < 1.29 is 47.6 Å². The molecule has 0 aromatic heterocycles. The number of benzene rings is 2. The highest BCUT2D eigenvalue weighted by atomic mass is 19.4. The second-order valence-electron chi connectivity index (χ2n) is 16.3. The highest BCUT2D eigenvalue weighted by molar-refractivity contribution is 5.84. The van der Waals surface area contributed by atoms with Crippen LogP contribution in [0.4, 0.5) is 13.2 Å². The predicted molar refractivity (Wildman–Crippen MR) is 170 cm³/mol. The number of hydrogen-bond donors (Lipinski definition) is 3. The normalized spacial score (nSPS) is 36.0. The number of cyclic esters (lactones) is 1. The van der Waals surface area contributed by atoms with Crippen LogP contribution < -0.4 is 0 Å². The van der Waals surface area contributed by atoms with E-state index in [0.29, 0.717) is 31.2 Å². The number of halogens is 3. The van der Waals surface area contributed by atoms with Crippen LogP contribution in [-0.2, 0) is 24.7 Å². The molecule has 4 aliphatic carbocycles. The van der Waals surface area contributed by atoms with Crippen molar-refractivity contribution in [2.75, 3.05) is 0 Å². The van der Waals surface area contributed by atoms with E-state index in [1.165, 1.54) is 0 Å². The van der Waals surface area contributed by atoms with Gasteiger partial charge in [-0.25, -0.2) is 0 Å². The van der Waals surface area contributed by atoms with E-state index < -0.39 is 57.4 Å². The fourth-order valence-corrected chi connectivity index (χ4v) is 8.64. The molecule has 2 aromatic carbocycles. The molecule has 10 heteroatoms. The van der Waals surface area contributed by atoms with Crippen molar-refractivity contribution in [3.63, 3.8) is 0 Å². The van der Waals surface area contributed by atoms with Crippen LogP contribution in [0.2, 0.25) is 0 Å². The summed E-state index contributed by atoms with van der Waals surface area (Å²) in [6.07, 6.45) is -0.644. The maximum atomic E-state index is 13.4. The first kappa shape index (κ1) is 35.6. The summed E-state index contributed by atoms with van der Waals surface area (Å²) < 4.78 is 51.7. The van der Waals surface area contributed by atoms with Crippen LogP contribution in [0.15, 0.2) is 42.5 Å². The fraction of sp³-hybridized carbons (Fsp3) is 0.676. The maximum Gasteiger partial charge on any atom is 0.417 e. The summed E-state index contributed by atoms with van der Waals surface area (Å²) in [5.74, 6) is -0.455. The molecule has 4 saturated carbocycles. The second kappa shape index (κ2) is 11.4. The number of esters is 2. The number of carbonyl (C=O) groups excluding carboxylic acids is 2. The van der Waals surface area contributed by atoms with Gasteiger partial charge in [-0.3, -0.25) is 9.59 Å². The van der Waals surface area contributed by atoms with Crippen LogP contribution in [0.25, 0.3) is 10.8 Å². The lowest BCUT2D eigenvalue weighted by Crippen LogP contribution is -2.67. The smallest absolute Gasteiger partial charge is 0.417 e. The summed E-state index contributed by atoms with van der Waals surface area (Å²) in [5, 5.41) is 33.2. The van der Waals surface area contributed by atoms with Crippen molar-refractivity contribution in [2.45, 2.75) is 140 Å². The average Bonchev–Trinajstić information content (AvgIpc) is 3.20. The van der Waals surface area contributed by atoms with Gasteiger partial charge in [0.1, 0.15) is 11.2 Å². The molecule has 0 radical (unpaired) electrons. The summed E-state index contributed by atoms with van der Waals surface area (Å²) in [5.41, 5.74) is -7.79. The van der Waals surface area contributed by atoms with E-state index in [4.69, 9.17) is 9.47 Å². The summed E-state index contributed by atoms with van der Waals surface area (Å²) in [4.78, 5) is 24.9. The summed E-state index contributed by atoms with van der Waals surface area (Å²) in [6.45, 7) is 9.98. The van der Waals surface area contributed by atoms with Crippen molar-refractivity contribution in [1.82, 2.24) is 0 Å². The van der Waals surface area contributed by atoms with Gasteiger partial charge in [-0.2, -0.15) is 13.2 Å². The Morgan fingerprint density at radius 2 is 1.53 bits per heavy atom. The zero-order chi connectivity index (χ0) is 34.9. The van der Waals surface area contributed by atoms with Crippen molar-refractivity contribution in [3.8, 4) is 0 Å². The minimum absolute atomic E-state index is 0.0832. The Hall–Kier alpha value is -2.69. The molecule has 2 aromatic rings. The lowest BCUT2D eigenvalue weighted by Gasteiger charge is -2.62. The monoisotopic (exact) mass is 662 g/mol. The van der Waals surface area contributed by atoms with E-state index in [9.17, 15) is 38.1 Å². The standard InChI is InChI=1S/C21H23F3O3.C16H26O4/c1-4-18(2)12-20(27-17(18)25,13-19(3,26)21(22,23)24)16-10-9-14-7-5-6-8-15(14)11-16;1-4-13(2,3)12(17)20-16-7-11-5-14(18,9-16)8-15(19,6-11)10-16/h5-11,26H,4,12-13H2,1-3H3;11,18-19H,4-10H2,1-3H3. The molecule has 7 nitrogen and oxygen atoms in total. The largest absolute Gasteiger partial charge is 0.458 e. The van der Waals surface area contributed by atoms with Gasteiger partial charge in [-0.05, 0) is 88.1 Å². The summed E-state index contributed by atoms with van der Waals surface area (Å²) >= 11 is 0. The highest BCUT2D eigenvalue weighted by Crippen LogP contribution is 2.61. The summed E-state index contributed by atoms with van der Waals surface area (Å²) in [6, 6.07) is 12.7. The third-order valence-electron chi connectivity index (χ3n) is 11.5. The average molecular weight is 663 g/mol. The molecular formula is C37H49F3O7. The van der Waals surface area contributed by atoms with E-state index in [1.54, 1.807) is 32.0 Å². The molecule has 260 valence electrons. The van der Waals surface area contributed by atoms with Crippen molar-refractivity contribution in [3.05, 3.63) is 48.0 Å². The van der Waals surface area contributed by atoms with E-state index >= 15 is 0 Å². The Morgan fingerprint density at radius 1 is 0.936 bits per heavy atom. The van der Waals surface area contributed by atoms with Crippen LogP contribution in [-0.4, -0.2) is 55.8 Å². The highest BCUT2D eigenvalue weighted by Gasteiger charge is 2.65. The molecule has 5 unspecified atom stereocenters. The van der Waals surface area contributed by atoms with Crippen LogP contribution in [0.5, 0.6) is 0 Å². The van der Waals surface area contributed by atoms with E-state index in [0.717, 1.165) is 43.4 Å². The van der Waals surface area contributed by atoms with Gasteiger partial charge < -0.3 is 24.8 Å². The zero-order valence-corrected chi connectivity index (χ0v) is 28.3. The minimum Gasteiger partial charge on any atom is -0.458 e. The summed E-state index contributed by atoms with van der Waals surface area (Å²) in [7, 11) is 0. The van der Waals surface area contributed by atoms with Gasteiger partial charge in [0.05, 0.1) is 22.0 Å². The number of aliphatic hydroxyl groups is 3. The lowest BCUT2D eigenvalue weighted by atomic mass is 9.50. The first-order valence-corrected chi connectivity index (χ1v) is 16.7. The molecule has 5 aliphatic rings. The minimum atomic E-state index is -4.84. The number of alkyl halides is 3. The van der Waals surface area contributed by atoms with E-state index in [1.807, 2.05) is 45.0 Å². The van der Waals surface area contributed by atoms with Crippen LogP contribution in [0.3, 0.4) is 0 Å². The Morgan fingerprint density at radius 3 is 2.04 bits per heavy atom. The number of fused-ring (bicyclic) bond motifs is 1. The van der Waals surface area contributed by atoms with Crippen LogP contribution in [0.1, 0.15) is 111 Å². The maximum absolute atomic E-state index is 13.4. The Kier molecular flexibility index (Phi) is 8.67. The Balaban J connectivity index is 0.000000193. The molecule has 5 atom stereocenters. The molecular weight excluding hydrogens is 613 g/mol. The third kappa shape index (κ3) is 6.66. The molecule has 7 rings (SSSR count). The Labute approximate surface area is 274 Å². The molecule has 4 bridgehead atoms. The van der Waals surface area contributed by atoms with Crippen molar-refractivity contribution in [2.24, 2.45) is 16.7 Å². The molecule has 1 heterocycles. The topological polar surface area (TPSA) is 113 Å². The Bertz CT molecular complexity index is 1520. The second-order valence-corrected chi connectivity index (χ2v) is 16.3. The van der Waals surface area contributed by atoms with Gasteiger partial charge >= 0.3 is 18.1 Å². The SMILES string of the molecule is CCC(C)(C)C(=O)OC12CC3CC(O)(CC(O)(C3)C1)C2.CCC1(C)CC(CC(C)(O)C(F)(F)F)(c2ccc3ccccc3c2)OC1=O. The van der Waals surface area contributed by atoms with Gasteiger partial charge in [0.15, 0.2) is 5.60 Å². The molecule has 47 heavy (non-hydrogen) atoms. The molecule has 0 spiro atoms. The number of rotatable bonds is 7. The van der Waals surface area contributed by atoms with Gasteiger partial charge in [-0.1, -0.05) is 50.2 Å². The molecule has 5 fully saturated rings. The fourth-order valence-electron chi connectivity index (χ4n) is 8.64. The van der Waals surface area contributed by atoms with Gasteiger partial charge in [0, 0.05) is 32.1 Å². The van der Waals surface area contributed by atoms with Crippen LogP contribution >= 0.6 is 0 Å². The molecule has 1 saturated heterocycles. The van der Waals surface area contributed by atoms with E-state index in [-0.39, 0.29) is 18.3 Å². The molecule has 1 aliphatic heterocycles.